The van der Waals surface area contributed by atoms with E-state index in [9.17, 15) is 4.79 Å². The van der Waals surface area contributed by atoms with E-state index in [1.165, 1.54) is 0 Å². The molecule has 0 fully saturated rings. The van der Waals surface area contributed by atoms with Gasteiger partial charge in [-0.15, -0.1) is 0 Å². The molecule has 0 saturated carbocycles. The van der Waals surface area contributed by atoms with Gasteiger partial charge in [-0.2, -0.15) is 5.10 Å². The lowest BCUT2D eigenvalue weighted by molar-refractivity contribution is 0.0735. The molecular formula is C22H17N3O3. The van der Waals surface area contributed by atoms with Crippen LogP contribution in [0.25, 0.3) is 16.9 Å². The van der Waals surface area contributed by atoms with Crippen LogP contribution in [0.4, 0.5) is 0 Å². The first-order valence-corrected chi connectivity index (χ1v) is 8.66. The van der Waals surface area contributed by atoms with Crippen molar-refractivity contribution < 1.29 is 14.3 Å². The third-order valence-corrected chi connectivity index (χ3v) is 4.16. The quantitative estimate of drug-likeness (QED) is 0.389. The fourth-order valence-corrected chi connectivity index (χ4v) is 2.76. The summed E-state index contributed by atoms with van der Waals surface area (Å²) in [5.74, 6) is 0.620. The number of ether oxygens (including phenoxy) is 2. The molecule has 0 radical (unpaired) electrons. The first kappa shape index (κ1) is 17.5. The second kappa shape index (κ2) is 7.75. The van der Waals surface area contributed by atoms with Crippen molar-refractivity contribution in [3.8, 4) is 28.4 Å². The summed E-state index contributed by atoms with van der Waals surface area (Å²) >= 11 is 0. The SMILES string of the molecule is COc1ccc(OC(=O)c2cn(-c3ccccc3)nc2-c2cccnc2)cc1. The topological polar surface area (TPSA) is 66.2 Å². The maximum atomic E-state index is 12.9. The van der Waals surface area contributed by atoms with E-state index in [1.807, 2.05) is 36.4 Å². The number of hydrogen-bond donors (Lipinski definition) is 0. The fourth-order valence-electron chi connectivity index (χ4n) is 2.76. The van der Waals surface area contributed by atoms with Crippen LogP contribution in [-0.4, -0.2) is 27.8 Å². The minimum Gasteiger partial charge on any atom is -0.497 e. The van der Waals surface area contributed by atoms with Gasteiger partial charge in [-0.3, -0.25) is 4.98 Å². The highest BCUT2D eigenvalue weighted by Crippen LogP contribution is 2.25. The maximum Gasteiger partial charge on any atom is 0.347 e. The van der Waals surface area contributed by atoms with E-state index < -0.39 is 5.97 Å². The molecule has 0 amide bonds. The molecule has 4 rings (SSSR count). The molecule has 138 valence electrons. The second-order valence-electron chi connectivity index (χ2n) is 5.98. The zero-order chi connectivity index (χ0) is 19.3. The lowest BCUT2D eigenvalue weighted by Gasteiger charge is -2.05. The van der Waals surface area contributed by atoms with Crippen molar-refractivity contribution in [2.24, 2.45) is 0 Å². The molecule has 2 aromatic carbocycles. The monoisotopic (exact) mass is 371 g/mol. The molecular weight excluding hydrogens is 354 g/mol. The molecule has 0 N–H and O–H groups in total. The van der Waals surface area contributed by atoms with Gasteiger partial charge in [0.15, 0.2) is 0 Å². The molecule has 6 heteroatoms. The maximum absolute atomic E-state index is 12.9. The molecule has 2 heterocycles. The highest BCUT2D eigenvalue weighted by Gasteiger charge is 2.20. The Hall–Kier alpha value is -3.93. The normalized spacial score (nSPS) is 10.5. The van der Waals surface area contributed by atoms with E-state index in [0.29, 0.717) is 22.8 Å². The lowest BCUT2D eigenvalue weighted by Crippen LogP contribution is -2.09. The highest BCUT2D eigenvalue weighted by molar-refractivity contribution is 5.97. The van der Waals surface area contributed by atoms with Gasteiger partial charge in [0.2, 0.25) is 0 Å². The third kappa shape index (κ3) is 3.61. The highest BCUT2D eigenvalue weighted by atomic mass is 16.5. The number of rotatable bonds is 5. The summed E-state index contributed by atoms with van der Waals surface area (Å²) in [5.41, 5.74) is 2.44. The van der Waals surface area contributed by atoms with Crippen LogP contribution in [0, 0.1) is 0 Å². The molecule has 0 unspecified atom stereocenters. The van der Waals surface area contributed by atoms with Crippen LogP contribution in [0.2, 0.25) is 0 Å². The summed E-state index contributed by atoms with van der Waals surface area (Å²) in [7, 11) is 1.58. The number of carbonyl (C=O) groups is 1. The molecule has 0 aliphatic heterocycles. The first-order valence-electron chi connectivity index (χ1n) is 8.66. The average Bonchev–Trinajstić information content (AvgIpc) is 3.21. The minimum absolute atomic E-state index is 0.354. The van der Waals surface area contributed by atoms with Crippen LogP contribution in [0.15, 0.2) is 85.3 Å². The number of carbonyl (C=O) groups excluding carboxylic acids is 1. The molecule has 2 aromatic heterocycles. The minimum atomic E-state index is -0.494. The summed E-state index contributed by atoms with van der Waals surface area (Å²) in [4.78, 5) is 17.0. The fraction of sp³-hybridized carbons (Fsp3) is 0.0455. The van der Waals surface area contributed by atoms with Crippen LogP contribution in [0.5, 0.6) is 11.5 Å². The Morgan fingerprint density at radius 1 is 0.929 bits per heavy atom. The van der Waals surface area contributed by atoms with Gasteiger partial charge in [0.1, 0.15) is 22.8 Å². The number of para-hydroxylation sites is 1. The van der Waals surface area contributed by atoms with Crippen molar-refractivity contribution in [2.75, 3.05) is 7.11 Å². The molecule has 4 aromatic rings. The van der Waals surface area contributed by atoms with Crippen LogP contribution in [-0.2, 0) is 0 Å². The van der Waals surface area contributed by atoms with Gasteiger partial charge in [-0.05, 0) is 48.5 Å². The molecule has 0 bridgehead atoms. The van der Waals surface area contributed by atoms with Crippen molar-refractivity contribution in [3.05, 3.63) is 90.9 Å². The molecule has 0 atom stereocenters. The van der Waals surface area contributed by atoms with Gasteiger partial charge in [-0.25, -0.2) is 9.48 Å². The van der Waals surface area contributed by atoms with Gasteiger partial charge in [0, 0.05) is 24.2 Å². The first-order chi connectivity index (χ1) is 13.7. The number of methoxy groups -OCH3 is 1. The molecule has 0 saturated heterocycles. The Morgan fingerprint density at radius 2 is 1.68 bits per heavy atom. The number of pyridine rings is 1. The zero-order valence-electron chi connectivity index (χ0n) is 15.1. The largest absolute Gasteiger partial charge is 0.497 e. The molecule has 6 nitrogen and oxygen atoms in total. The van der Waals surface area contributed by atoms with Crippen LogP contribution < -0.4 is 9.47 Å². The predicted molar refractivity (Wildman–Crippen MR) is 105 cm³/mol. The van der Waals surface area contributed by atoms with Gasteiger partial charge >= 0.3 is 5.97 Å². The Kier molecular flexibility index (Phi) is 4.84. The smallest absolute Gasteiger partial charge is 0.347 e. The Bertz CT molecular complexity index is 1080. The van der Waals surface area contributed by atoms with Crippen LogP contribution >= 0.6 is 0 Å². The van der Waals surface area contributed by atoms with E-state index in [1.54, 1.807) is 60.7 Å². The molecule has 0 aliphatic rings. The van der Waals surface area contributed by atoms with Crippen molar-refractivity contribution in [1.82, 2.24) is 14.8 Å². The Morgan fingerprint density at radius 3 is 2.36 bits per heavy atom. The van der Waals surface area contributed by atoms with E-state index in [-0.39, 0.29) is 0 Å². The second-order valence-corrected chi connectivity index (χ2v) is 5.98. The molecule has 0 spiro atoms. The Labute approximate surface area is 162 Å². The molecule has 28 heavy (non-hydrogen) atoms. The van der Waals surface area contributed by atoms with Gasteiger partial charge in [0.05, 0.1) is 12.8 Å². The van der Waals surface area contributed by atoms with Gasteiger partial charge in [-0.1, -0.05) is 18.2 Å². The summed E-state index contributed by atoms with van der Waals surface area (Å²) in [5, 5.41) is 4.60. The lowest BCUT2D eigenvalue weighted by atomic mass is 10.1. The summed E-state index contributed by atoms with van der Waals surface area (Å²) < 4.78 is 12.3. The van der Waals surface area contributed by atoms with Crippen LogP contribution in [0.3, 0.4) is 0 Å². The van der Waals surface area contributed by atoms with E-state index >= 15 is 0 Å². The Balaban J connectivity index is 1.71. The third-order valence-electron chi connectivity index (χ3n) is 4.16. The number of benzene rings is 2. The molecule has 0 aliphatic carbocycles. The van der Waals surface area contributed by atoms with Crippen molar-refractivity contribution in [3.63, 3.8) is 0 Å². The number of hydrogen-bond acceptors (Lipinski definition) is 5. The number of aromatic nitrogens is 3. The average molecular weight is 371 g/mol. The number of nitrogens with zero attached hydrogens (tertiary/aromatic N) is 3. The summed E-state index contributed by atoms with van der Waals surface area (Å²) in [6.07, 6.45) is 5.01. The number of esters is 1. The predicted octanol–water partition coefficient (Wildman–Crippen LogP) is 4.16. The van der Waals surface area contributed by atoms with E-state index in [0.717, 1.165) is 11.3 Å². The van der Waals surface area contributed by atoms with Crippen molar-refractivity contribution >= 4 is 5.97 Å². The van der Waals surface area contributed by atoms with Crippen molar-refractivity contribution in [1.29, 1.82) is 0 Å². The van der Waals surface area contributed by atoms with Crippen LogP contribution in [0.1, 0.15) is 10.4 Å². The van der Waals surface area contributed by atoms with Gasteiger partial charge < -0.3 is 9.47 Å². The summed E-state index contributed by atoms with van der Waals surface area (Å²) in [6.45, 7) is 0. The van der Waals surface area contributed by atoms with E-state index in [2.05, 4.69) is 10.1 Å². The van der Waals surface area contributed by atoms with Crippen molar-refractivity contribution in [2.45, 2.75) is 0 Å². The van der Waals surface area contributed by atoms with E-state index in [4.69, 9.17) is 9.47 Å². The zero-order valence-corrected chi connectivity index (χ0v) is 15.1. The van der Waals surface area contributed by atoms with Gasteiger partial charge in [0.25, 0.3) is 0 Å². The standard InChI is InChI=1S/C22H17N3O3/c1-27-18-9-11-19(12-10-18)28-22(26)20-15-25(17-7-3-2-4-8-17)24-21(20)16-6-5-13-23-14-16/h2-15H,1H3. The summed E-state index contributed by atoms with van der Waals surface area (Å²) in [6, 6.07) is 20.1.